The molecule has 6 atom stereocenters. The highest BCUT2D eigenvalue weighted by atomic mass is 31.2. The predicted octanol–water partition coefficient (Wildman–Crippen LogP) is 9.64. The molecule has 1 aliphatic carbocycles. The largest absolute Gasteiger partial charge is 0.472 e. The first-order chi connectivity index (χ1) is 29.0. The fraction of sp³-hybridized carbons (Fsp3) is 0.809. The Morgan fingerprint density at radius 2 is 0.983 bits per heavy atom. The van der Waals surface area contributed by atoms with Crippen molar-refractivity contribution in [3.05, 3.63) is 48.6 Å². The van der Waals surface area contributed by atoms with Crippen LogP contribution in [-0.4, -0.2) is 98.9 Å². The fourth-order valence-electron chi connectivity index (χ4n) is 6.99. The fourth-order valence-corrected chi connectivity index (χ4v) is 7.97. The highest BCUT2D eigenvalue weighted by Gasteiger charge is 2.51. The predicted molar refractivity (Wildman–Crippen MR) is 239 cm³/mol. The number of aliphatic hydroxyl groups excluding tert-OH is 5. The minimum atomic E-state index is -5.02. The van der Waals surface area contributed by atoms with Gasteiger partial charge in [0.25, 0.3) is 0 Å². The number of carbonyl (C=O) groups is 1. The van der Waals surface area contributed by atoms with Crippen LogP contribution in [0.5, 0.6) is 0 Å². The first-order valence-electron chi connectivity index (χ1n) is 23.5. The summed E-state index contributed by atoms with van der Waals surface area (Å²) in [5.41, 5.74) is 0. The summed E-state index contributed by atoms with van der Waals surface area (Å²) in [7, 11) is -5.02. The summed E-state index contributed by atoms with van der Waals surface area (Å²) >= 11 is 0. The van der Waals surface area contributed by atoms with Gasteiger partial charge >= 0.3 is 13.8 Å². The summed E-state index contributed by atoms with van der Waals surface area (Å²) in [5, 5.41) is 50.2. The lowest BCUT2D eigenvalue weighted by Crippen LogP contribution is -2.64. The number of hydrogen-bond donors (Lipinski definition) is 6. The van der Waals surface area contributed by atoms with E-state index < -0.39 is 63.1 Å². The molecule has 6 unspecified atom stereocenters. The molecule has 1 fully saturated rings. The Morgan fingerprint density at radius 3 is 1.50 bits per heavy atom. The van der Waals surface area contributed by atoms with Crippen molar-refractivity contribution in [3.63, 3.8) is 0 Å². The number of esters is 1. The number of rotatable bonds is 39. The van der Waals surface area contributed by atoms with Gasteiger partial charge in [-0.05, 0) is 51.4 Å². The molecule has 0 amide bonds. The zero-order valence-electron chi connectivity index (χ0n) is 37.2. The molecule has 0 aromatic heterocycles. The van der Waals surface area contributed by atoms with E-state index in [1.54, 1.807) is 0 Å². The summed E-state index contributed by atoms with van der Waals surface area (Å²) in [6.07, 6.45) is 33.2. The molecule has 350 valence electrons. The van der Waals surface area contributed by atoms with Crippen molar-refractivity contribution in [2.24, 2.45) is 0 Å². The van der Waals surface area contributed by atoms with Crippen LogP contribution in [0.15, 0.2) is 48.6 Å². The van der Waals surface area contributed by atoms with Gasteiger partial charge in [-0.15, -0.1) is 0 Å². The Bertz CT molecular complexity index is 1180. The molecule has 1 aliphatic rings. The van der Waals surface area contributed by atoms with Crippen LogP contribution in [0.3, 0.4) is 0 Å². The zero-order chi connectivity index (χ0) is 44.1. The number of allylic oxidation sites excluding steroid dienone is 8. The van der Waals surface area contributed by atoms with Gasteiger partial charge in [-0.3, -0.25) is 13.8 Å². The zero-order valence-corrected chi connectivity index (χ0v) is 38.1. The van der Waals surface area contributed by atoms with Crippen molar-refractivity contribution >= 4 is 13.8 Å². The molecular weight excluding hydrogens is 787 g/mol. The van der Waals surface area contributed by atoms with Crippen LogP contribution in [0.2, 0.25) is 0 Å². The summed E-state index contributed by atoms with van der Waals surface area (Å²) in [5.74, 6) is -0.499. The van der Waals surface area contributed by atoms with Gasteiger partial charge < -0.3 is 39.9 Å². The second-order valence-corrected chi connectivity index (χ2v) is 17.6. The van der Waals surface area contributed by atoms with E-state index in [1.807, 2.05) is 0 Å². The smallest absolute Gasteiger partial charge is 0.457 e. The van der Waals surface area contributed by atoms with Crippen molar-refractivity contribution in [3.8, 4) is 0 Å². The molecule has 0 saturated heterocycles. The van der Waals surface area contributed by atoms with E-state index >= 15 is 0 Å². The Labute approximate surface area is 363 Å². The first kappa shape index (κ1) is 56.3. The summed E-state index contributed by atoms with van der Waals surface area (Å²) in [6, 6.07) is 0. The van der Waals surface area contributed by atoms with Gasteiger partial charge in [0.1, 0.15) is 42.7 Å². The molecule has 0 aromatic carbocycles. The molecule has 13 heteroatoms. The topological polar surface area (TPSA) is 192 Å². The first-order valence-corrected chi connectivity index (χ1v) is 25.0. The van der Waals surface area contributed by atoms with Crippen LogP contribution in [-0.2, 0) is 27.9 Å². The Kier molecular flexibility index (Phi) is 35.5. The number of phosphoric ester groups is 1. The molecule has 12 nitrogen and oxygen atoms in total. The van der Waals surface area contributed by atoms with Crippen molar-refractivity contribution in [1.82, 2.24) is 0 Å². The minimum Gasteiger partial charge on any atom is -0.457 e. The van der Waals surface area contributed by atoms with E-state index in [4.69, 9.17) is 18.5 Å². The minimum absolute atomic E-state index is 0.0857. The lowest BCUT2D eigenvalue weighted by molar-refractivity contribution is -0.220. The standard InChI is InChI=1S/C47H85O12P/c1-3-5-7-9-11-13-15-17-19-21-22-24-26-28-30-32-34-36-41(48)58-40(39-57-60(54,55)59-47-45(52)43(50)42(49)44(51)46(47)53)38-56-37-35-33-31-29-27-25-23-20-18-16-14-12-10-8-6-4-2/h5,7,11,13,17,19,22,24,40,42-47,49-53H,3-4,6,8-10,12,14-16,18,20-21,23,25-39H2,1-2H3,(H,54,55)/b7-5-,13-11-,19-17-,24-22-. The van der Waals surface area contributed by atoms with Gasteiger partial charge in [0.2, 0.25) is 0 Å². The second-order valence-electron chi connectivity index (χ2n) is 16.2. The molecule has 1 saturated carbocycles. The van der Waals surface area contributed by atoms with Gasteiger partial charge in [-0.2, -0.15) is 0 Å². The maximum atomic E-state index is 12.8. The van der Waals surface area contributed by atoms with E-state index in [1.165, 1.54) is 83.5 Å². The van der Waals surface area contributed by atoms with Crippen molar-refractivity contribution in [2.45, 2.75) is 224 Å². The number of carbonyl (C=O) groups excluding carboxylic acids is 1. The lowest BCUT2D eigenvalue weighted by Gasteiger charge is -2.41. The molecular formula is C47H85O12P. The van der Waals surface area contributed by atoms with Crippen LogP contribution in [0.4, 0.5) is 0 Å². The van der Waals surface area contributed by atoms with Crippen molar-refractivity contribution in [2.75, 3.05) is 19.8 Å². The van der Waals surface area contributed by atoms with Gasteiger partial charge in [-0.1, -0.05) is 172 Å². The van der Waals surface area contributed by atoms with E-state index in [-0.39, 0.29) is 13.0 Å². The molecule has 0 bridgehead atoms. The van der Waals surface area contributed by atoms with Gasteiger partial charge in [0, 0.05) is 13.0 Å². The summed E-state index contributed by atoms with van der Waals surface area (Å²) in [6.45, 7) is 4.13. The lowest BCUT2D eigenvalue weighted by atomic mass is 9.85. The van der Waals surface area contributed by atoms with E-state index in [9.17, 15) is 39.8 Å². The van der Waals surface area contributed by atoms with Crippen LogP contribution in [0, 0.1) is 0 Å². The Balaban J connectivity index is 2.41. The average Bonchev–Trinajstić information content (AvgIpc) is 3.23. The normalized spacial score (nSPS) is 22.7. The summed E-state index contributed by atoms with van der Waals surface area (Å²) in [4.78, 5) is 23.2. The third kappa shape index (κ3) is 29.6. The monoisotopic (exact) mass is 873 g/mol. The molecule has 0 spiro atoms. The number of phosphoric acid groups is 1. The SMILES string of the molecule is CC/C=C\C/C=C\C/C=C\C/C=C\CCCCCCC(=O)OC(COCCCCCCCCCCCCCCCCCC)COP(=O)(O)OC1C(O)C(O)C(O)C(O)C1O. The molecule has 0 heterocycles. The van der Waals surface area contributed by atoms with Crippen LogP contribution >= 0.6 is 7.82 Å². The van der Waals surface area contributed by atoms with E-state index in [0.29, 0.717) is 13.0 Å². The second kappa shape index (κ2) is 37.8. The quantitative estimate of drug-likeness (QED) is 0.0149. The molecule has 6 N–H and O–H groups in total. The number of aliphatic hydroxyl groups is 5. The highest BCUT2D eigenvalue weighted by Crippen LogP contribution is 2.47. The van der Waals surface area contributed by atoms with Crippen molar-refractivity contribution in [1.29, 1.82) is 0 Å². The number of ether oxygens (including phenoxy) is 2. The number of unbranched alkanes of at least 4 members (excludes halogenated alkanes) is 19. The van der Waals surface area contributed by atoms with Crippen LogP contribution < -0.4 is 0 Å². The summed E-state index contributed by atoms with van der Waals surface area (Å²) < 4.78 is 34.2. The van der Waals surface area contributed by atoms with E-state index in [0.717, 1.165) is 70.6 Å². The maximum absolute atomic E-state index is 12.8. The van der Waals surface area contributed by atoms with Crippen LogP contribution in [0.25, 0.3) is 0 Å². The van der Waals surface area contributed by atoms with Crippen molar-refractivity contribution < 1.29 is 58.3 Å². The Hall–Kier alpha value is -1.70. The van der Waals surface area contributed by atoms with Crippen LogP contribution in [0.1, 0.15) is 181 Å². The third-order valence-corrected chi connectivity index (χ3v) is 11.7. The van der Waals surface area contributed by atoms with Gasteiger partial charge in [0.05, 0.1) is 13.2 Å². The molecule has 1 rings (SSSR count). The number of hydrogen-bond acceptors (Lipinski definition) is 11. The highest BCUT2D eigenvalue weighted by molar-refractivity contribution is 7.47. The van der Waals surface area contributed by atoms with E-state index in [2.05, 4.69) is 62.5 Å². The average molecular weight is 873 g/mol. The van der Waals surface area contributed by atoms with Gasteiger partial charge in [-0.25, -0.2) is 4.57 Å². The molecule has 0 aliphatic heterocycles. The Morgan fingerprint density at radius 1 is 0.550 bits per heavy atom. The molecule has 60 heavy (non-hydrogen) atoms. The molecule has 0 radical (unpaired) electrons. The third-order valence-electron chi connectivity index (χ3n) is 10.7. The molecule has 0 aromatic rings. The van der Waals surface area contributed by atoms with Gasteiger partial charge in [0.15, 0.2) is 0 Å². The maximum Gasteiger partial charge on any atom is 0.472 e.